The number of rotatable bonds is 5. The zero-order valence-electron chi connectivity index (χ0n) is 15.3. The molecule has 140 valence electrons. The molecular weight excluding hydrogens is 360 g/mol. The van der Waals surface area contributed by atoms with E-state index >= 15 is 0 Å². The lowest BCUT2D eigenvalue weighted by molar-refractivity contribution is 0.216. The highest BCUT2D eigenvalue weighted by Gasteiger charge is 2.19. The van der Waals surface area contributed by atoms with E-state index in [1.54, 1.807) is 17.4 Å². The number of anilines is 1. The van der Waals surface area contributed by atoms with Crippen LogP contribution in [0.1, 0.15) is 11.1 Å². The fourth-order valence-corrected chi connectivity index (χ4v) is 3.39. The van der Waals surface area contributed by atoms with Crippen LogP contribution in [0.3, 0.4) is 0 Å². The number of aryl methyl sites for hydroxylation is 1. The van der Waals surface area contributed by atoms with E-state index in [-0.39, 0.29) is 6.61 Å². The van der Waals surface area contributed by atoms with Gasteiger partial charge in [-0.2, -0.15) is 11.3 Å². The smallest absolute Gasteiger partial charge is 0.352 e. The summed E-state index contributed by atoms with van der Waals surface area (Å²) in [5.74, 6) is 12.2. The summed E-state index contributed by atoms with van der Waals surface area (Å²) < 4.78 is 6.01. The fourth-order valence-electron chi connectivity index (χ4n) is 2.72. The van der Waals surface area contributed by atoms with Gasteiger partial charge in [-0.3, -0.25) is 5.01 Å². The first-order valence-corrected chi connectivity index (χ1v) is 9.33. The highest BCUT2D eigenvalue weighted by molar-refractivity contribution is 7.08. The SMILES string of the molecule is Cc1cccc(N(N)C(=O)N(C)N)c1COc1cccc(-c2ccsc2)c1. The topological polar surface area (TPSA) is 84.8 Å². The Morgan fingerprint density at radius 2 is 1.89 bits per heavy atom. The Morgan fingerprint density at radius 1 is 1.11 bits per heavy atom. The third kappa shape index (κ3) is 4.28. The first-order chi connectivity index (χ1) is 13.0. The van der Waals surface area contributed by atoms with Crippen LogP contribution < -0.4 is 21.4 Å². The number of nitrogens with two attached hydrogens (primary N) is 2. The van der Waals surface area contributed by atoms with Gasteiger partial charge in [0.15, 0.2) is 0 Å². The van der Waals surface area contributed by atoms with Crippen molar-refractivity contribution in [1.82, 2.24) is 5.01 Å². The lowest BCUT2D eigenvalue weighted by atomic mass is 10.1. The molecule has 4 N–H and O–H groups in total. The molecule has 0 saturated carbocycles. The largest absolute Gasteiger partial charge is 0.489 e. The van der Waals surface area contributed by atoms with Crippen molar-refractivity contribution >= 4 is 23.1 Å². The molecule has 0 aliphatic rings. The lowest BCUT2D eigenvalue weighted by Crippen LogP contribution is -2.49. The van der Waals surface area contributed by atoms with Crippen LogP contribution in [-0.2, 0) is 6.61 Å². The van der Waals surface area contributed by atoms with Gasteiger partial charge < -0.3 is 4.74 Å². The van der Waals surface area contributed by atoms with E-state index < -0.39 is 6.03 Å². The van der Waals surface area contributed by atoms with Crippen LogP contribution in [0.25, 0.3) is 11.1 Å². The average molecular weight is 382 g/mol. The molecule has 27 heavy (non-hydrogen) atoms. The second-order valence-electron chi connectivity index (χ2n) is 6.16. The Balaban J connectivity index is 1.82. The number of ether oxygens (including phenoxy) is 1. The lowest BCUT2D eigenvalue weighted by Gasteiger charge is -2.24. The molecule has 0 atom stereocenters. The predicted molar refractivity (Wildman–Crippen MR) is 109 cm³/mol. The molecule has 7 heteroatoms. The number of carbonyl (C=O) groups is 1. The maximum absolute atomic E-state index is 12.1. The highest BCUT2D eigenvalue weighted by atomic mass is 32.1. The number of urea groups is 1. The predicted octanol–water partition coefficient (Wildman–Crippen LogP) is 3.91. The maximum Gasteiger partial charge on any atom is 0.352 e. The summed E-state index contributed by atoms with van der Waals surface area (Å²) in [6.07, 6.45) is 0. The number of thiophene rings is 1. The monoisotopic (exact) mass is 382 g/mol. The number of benzene rings is 2. The van der Waals surface area contributed by atoms with Gasteiger partial charge in [-0.15, -0.1) is 0 Å². The standard InChI is InChI=1S/C20H22N4O2S/c1-14-5-3-8-19(24(22)20(25)23(2)21)18(14)12-26-17-7-4-6-15(11-17)16-9-10-27-13-16/h3-11,13H,12,21-22H2,1-2H3. The van der Waals surface area contributed by atoms with Crippen LogP contribution in [0, 0.1) is 6.92 Å². The molecule has 2 amide bonds. The summed E-state index contributed by atoms with van der Waals surface area (Å²) in [5, 5.41) is 6.12. The van der Waals surface area contributed by atoms with Crippen LogP contribution in [0.15, 0.2) is 59.3 Å². The Hall–Kier alpha value is -2.87. The molecule has 0 fully saturated rings. The molecule has 3 rings (SSSR count). The van der Waals surface area contributed by atoms with Crippen molar-refractivity contribution in [2.24, 2.45) is 11.7 Å². The van der Waals surface area contributed by atoms with Crippen LogP contribution in [0.4, 0.5) is 10.5 Å². The molecule has 0 aliphatic carbocycles. The number of hydrogen-bond donors (Lipinski definition) is 2. The number of amides is 2. The van der Waals surface area contributed by atoms with Gasteiger partial charge in [0.1, 0.15) is 12.4 Å². The minimum Gasteiger partial charge on any atom is -0.489 e. The first kappa shape index (κ1) is 18.9. The highest BCUT2D eigenvalue weighted by Crippen LogP contribution is 2.28. The molecule has 6 nitrogen and oxygen atoms in total. The Morgan fingerprint density at radius 3 is 2.59 bits per heavy atom. The van der Waals surface area contributed by atoms with Gasteiger partial charge in [0.25, 0.3) is 0 Å². The van der Waals surface area contributed by atoms with Gasteiger partial charge in [0.05, 0.1) is 5.69 Å². The van der Waals surface area contributed by atoms with E-state index in [1.165, 1.54) is 7.05 Å². The van der Waals surface area contributed by atoms with E-state index in [1.807, 2.05) is 48.7 Å². The van der Waals surface area contributed by atoms with E-state index in [9.17, 15) is 4.79 Å². The zero-order chi connectivity index (χ0) is 19.4. The Kier molecular flexibility index (Phi) is 5.75. The van der Waals surface area contributed by atoms with Gasteiger partial charge in [0.2, 0.25) is 0 Å². The molecule has 0 aliphatic heterocycles. The van der Waals surface area contributed by atoms with Crippen LogP contribution in [0.5, 0.6) is 5.75 Å². The zero-order valence-corrected chi connectivity index (χ0v) is 16.1. The van der Waals surface area contributed by atoms with Gasteiger partial charge in [-0.05, 0) is 58.6 Å². The van der Waals surface area contributed by atoms with E-state index in [4.69, 9.17) is 16.4 Å². The molecular formula is C20H22N4O2S. The van der Waals surface area contributed by atoms with E-state index in [0.717, 1.165) is 38.0 Å². The number of hydrazine groups is 2. The van der Waals surface area contributed by atoms with Crippen LogP contribution >= 0.6 is 11.3 Å². The normalized spacial score (nSPS) is 10.5. The molecule has 1 aromatic heterocycles. The van der Waals surface area contributed by atoms with Crippen molar-refractivity contribution in [2.45, 2.75) is 13.5 Å². The van der Waals surface area contributed by atoms with Crippen molar-refractivity contribution in [1.29, 1.82) is 0 Å². The first-order valence-electron chi connectivity index (χ1n) is 8.38. The van der Waals surface area contributed by atoms with Crippen LogP contribution in [-0.4, -0.2) is 18.1 Å². The van der Waals surface area contributed by atoms with Crippen molar-refractivity contribution in [2.75, 3.05) is 12.1 Å². The van der Waals surface area contributed by atoms with Gasteiger partial charge in [0, 0.05) is 12.6 Å². The molecule has 3 aromatic rings. The molecule has 0 spiro atoms. The van der Waals surface area contributed by atoms with Gasteiger partial charge >= 0.3 is 6.03 Å². The summed E-state index contributed by atoms with van der Waals surface area (Å²) >= 11 is 1.66. The quantitative estimate of drug-likeness (QED) is 0.398. The minimum absolute atomic E-state index is 0.282. The minimum atomic E-state index is -0.513. The Bertz CT molecular complexity index is 925. The molecule has 0 radical (unpaired) electrons. The number of hydrogen-bond acceptors (Lipinski definition) is 5. The van der Waals surface area contributed by atoms with Gasteiger partial charge in [-0.25, -0.2) is 21.5 Å². The second kappa shape index (κ2) is 8.22. The number of carbonyl (C=O) groups excluding carboxylic acids is 1. The average Bonchev–Trinajstić information content (AvgIpc) is 3.20. The fraction of sp³-hybridized carbons (Fsp3) is 0.150. The summed E-state index contributed by atoms with van der Waals surface area (Å²) in [6, 6.07) is 15.0. The third-order valence-electron chi connectivity index (χ3n) is 4.22. The maximum atomic E-state index is 12.1. The van der Waals surface area contributed by atoms with Crippen molar-refractivity contribution in [3.63, 3.8) is 0 Å². The Labute approximate surface area is 162 Å². The number of nitrogens with zero attached hydrogens (tertiary/aromatic N) is 2. The van der Waals surface area contributed by atoms with Crippen LogP contribution in [0.2, 0.25) is 0 Å². The molecule has 0 bridgehead atoms. The summed E-state index contributed by atoms with van der Waals surface area (Å²) in [4.78, 5) is 12.1. The van der Waals surface area contributed by atoms with Gasteiger partial charge in [-0.1, -0.05) is 24.3 Å². The summed E-state index contributed by atoms with van der Waals surface area (Å²) in [7, 11) is 1.45. The third-order valence-corrected chi connectivity index (χ3v) is 4.91. The van der Waals surface area contributed by atoms with E-state index in [2.05, 4.69) is 11.4 Å². The molecule has 1 heterocycles. The molecule has 0 unspecified atom stereocenters. The second-order valence-corrected chi connectivity index (χ2v) is 6.94. The molecule has 0 saturated heterocycles. The van der Waals surface area contributed by atoms with Crippen molar-refractivity contribution in [3.05, 3.63) is 70.4 Å². The molecule has 2 aromatic carbocycles. The summed E-state index contributed by atoms with van der Waals surface area (Å²) in [5.41, 5.74) is 4.62. The summed E-state index contributed by atoms with van der Waals surface area (Å²) in [6.45, 7) is 2.23. The van der Waals surface area contributed by atoms with E-state index in [0.29, 0.717) is 5.69 Å². The van der Waals surface area contributed by atoms with Crippen molar-refractivity contribution < 1.29 is 9.53 Å². The van der Waals surface area contributed by atoms with Crippen molar-refractivity contribution in [3.8, 4) is 16.9 Å².